The van der Waals surface area contributed by atoms with Gasteiger partial charge in [0.05, 0.1) is 0 Å². The Kier molecular flexibility index (Phi) is 6.12. The molecule has 2 heterocycles. The highest BCUT2D eigenvalue weighted by Crippen LogP contribution is 2.18. The summed E-state index contributed by atoms with van der Waals surface area (Å²) in [5.74, 6) is -1.15. The number of piperidine rings is 1. The molecule has 0 bridgehead atoms. The van der Waals surface area contributed by atoms with Gasteiger partial charge in [-0.25, -0.2) is 0 Å². The van der Waals surface area contributed by atoms with Gasteiger partial charge in [0.1, 0.15) is 6.04 Å². The lowest BCUT2D eigenvalue weighted by molar-refractivity contribution is -0.144. The molecule has 1 saturated heterocycles. The molecule has 6 nitrogen and oxygen atoms in total. The highest BCUT2D eigenvalue weighted by Gasteiger charge is 2.27. The molecule has 0 aromatic heterocycles. The van der Waals surface area contributed by atoms with E-state index in [1.807, 2.05) is 0 Å². The number of rotatable bonds is 8. The molecule has 0 aliphatic carbocycles. The molecule has 2 aliphatic heterocycles. The van der Waals surface area contributed by atoms with Crippen LogP contribution in [0.25, 0.3) is 0 Å². The first kappa shape index (κ1) is 16.7. The quantitative estimate of drug-likeness (QED) is 0.542. The Labute approximate surface area is 130 Å². The van der Waals surface area contributed by atoms with E-state index >= 15 is 0 Å². The summed E-state index contributed by atoms with van der Waals surface area (Å²) in [4.78, 5) is 37.3. The van der Waals surface area contributed by atoms with Crippen molar-refractivity contribution >= 4 is 17.8 Å². The Hall–Kier alpha value is -1.69. The zero-order chi connectivity index (χ0) is 15.9. The van der Waals surface area contributed by atoms with Gasteiger partial charge in [-0.15, -0.1) is 0 Å². The number of imide groups is 1. The Morgan fingerprint density at radius 3 is 2.32 bits per heavy atom. The summed E-state index contributed by atoms with van der Waals surface area (Å²) in [5.41, 5.74) is 0. The molecule has 0 spiro atoms. The number of carbonyl (C=O) groups excluding carboxylic acids is 2. The second kappa shape index (κ2) is 8.08. The number of amides is 2. The van der Waals surface area contributed by atoms with Crippen LogP contribution in [0.5, 0.6) is 0 Å². The maximum Gasteiger partial charge on any atom is 0.320 e. The van der Waals surface area contributed by atoms with E-state index < -0.39 is 5.97 Å². The van der Waals surface area contributed by atoms with Gasteiger partial charge in [0.2, 0.25) is 0 Å². The van der Waals surface area contributed by atoms with Crippen LogP contribution in [0, 0.1) is 0 Å². The first-order valence-electron chi connectivity index (χ1n) is 8.10. The summed E-state index contributed by atoms with van der Waals surface area (Å²) in [6.07, 6.45) is 9.16. The molecule has 6 heteroatoms. The van der Waals surface area contributed by atoms with Gasteiger partial charge < -0.3 is 5.11 Å². The summed E-state index contributed by atoms with van der Waals surface area (Å²) < 4.78 is 0. The maximum atomic E-state index is 11.4. The first-order valence-corrected chi connectivity index (χ1v) is 8.10. The molecule has 2 aliphatic rings. The minimum atomic E-state index is -0.710. The molecule has 22 heavy (non-hydrogen) atoms. The molecule has 2 amide bonds. The minimum absolute atomic E-state index is 0.220. The topological polar surface area (TPSA) is 77.9 Å². The van der Waals surface area contributed by atoms with Crippen molar-refractivity contribution in [2.45, 2.75) is 51.0 Å². The van der Waals surface area contributed by atoms with Crippen LogP contribution in [0.1, 0.15) is 44.9 Å². The van der Waals surface area contributed by atoms with E-state index in [9.17, 15) is 19.5 Å². The smallest absolute Gasteiger partial charge is 0.320 e. The normalized spacial score (nSPS) is 22.5. The van der Waals surface area contributed by atoms with Crippen LogP contribution in [0.2, 0.25) is 0 Å². The fraction of sp³-hybridized carbons (Fsp3) is 0.688. The number of nitrogens with zero attached hydrogens (tertiary/aromatic N) is 2. The summed E-state index contributed by atoms with van der Waals surface area (Å²) in [6, 6.07) is -0.320. The monoisotopic (exact) mass is 308 g/mol. The lowest BCUT2D eigenvalue weighted by atomic mass is 10.0. The summed E-state index contributed by atoms with van der Waals surface area (Å²) >= 11 is 0. The van der Waals surface area contributed by atoms with Gasteiger partial charge in [-0.05, 0) is 38.8 Å². The standard InChI is InChI=1S/C16H24N2O4/c19-14-8-9-15(20)18(14)12-5-2-1-4-10-17-11-6-3-7-13(17)16(21)22/h8-9,13H,1-7,10-12H2,(H,21,22)/t13-/m1/s1. The van der Waals surface area contributed by atoms with Gasteiger partial charge in [-0.1, -0.05) is 19.3 Å². The van der Waals surface area contributed by atoms with Crippen molar-refractivity contribution in [2.24, 2.45) is 0 Å². The average molecular weight is 308 g/mol. The summed E-state index contributed by atoms with van der Waals surface area (Å²) in [6.45, 7) is 2.17. The minimum Gasteiger partial charge on any atom is -0.480 e. The number of hydrogen-bond acceptors (Lipinski definition) is 4. The second-order valence-electron chi connectivity index (χ2n) is 5.96. The highest BCUT2D eigenvalue weighted by molar-refractivity contribution is 6.12. The highest BCUT2D eigenvalue weighted by atomic mass is 16.4. The third-order valence-electron chi connectivity index (χ3n) is 4.38. The zero-order valence-corrected chi connectivity index (χ0v) is 12.9. The van der Waals surface area contributed by atoms with Gasteiger partial charge in [0.15, 0.2) is 0 Å². The van der Waals surface area contributed by atoms with E-state index in [0.717, 1.165) is 58.0 Å². The number of aliphatic carboxylic acids is 1. The Morgan fingerprint density at radius 1 is 1.05 bits per heavy atom. The molecule has 1 fully saturated rings. The number of carboxylic acid groups (broad SMARTS) is 1. The molecule has 0 radical (unpaired) electrons. The molecule has 0 saturated carbocycles. The van der Waals surface area contributed by atoms with Crippen molar-refractivity contribution < 1.29 is 19.5 Å². The molecule has 2 rings (SSSR count). The van der Waals surface area contributed by atoms with Crippen molar-refractivity contribution in [1.29, 1.82) is 0 Å². The van der Waals surface area contributed by atoms with Crippen molar-refractivity contribution in [3.05, 3.63) is 12.2 Å². The van der Waals surface area contributed by atoms with Crippen molar-refractivity contribution in [3.8, 4) is 0 Å². The Bertz CT molecular complexity index is 443. The van der Waals surface area contributed by atoms with Crippen LogP contribution in [-0.4, -0.2) is 58.4 Å². The Morgan fingerprint density at radius 2 is 1.68 bits per heavy atom. The van der Waals surface area contributed by atoms with Crippen LogP contribution in [0.4, 0.5) is 0 Å². The average Bonchev–Trinajstić information content (AvgIpc) is 2.82. The number of hydrogen-bond donors (Lipinski definition) is 1. The molecule has 0 aromatic rings. The van der Waals surface area contributed by atoms with E-state index in [0.29, 0.717) is 6.54 Å². The van der Waals surface area contributed by atoms with Crippen molar-refractivity contribution in [1.82, 2.24) is 9.80 Å². The van der Waals surface area contributed by atoms with Gasteiger partial charge in [0, 0.05) is 18.7 Å². The van der Waals surface area contributed by atoms with Crippen molar-refractivity contribution in [3.63, 3.8) is 0 Å². The number of unbranched alkanes of at least 4 members (excludes halogenated alkanes) is 3. The maximum absolute atomic E-state index is 11.4. The van der Waals surface area contributed by atoms with Crippen LogP contribution < -0.4 is 0 Å². The fourth-order valence-electron chi connectivity index (χ4n) is 3.13. The molecule has 122 valence electrons. The molecular formula is C16H24N2O4. The lowest BCUT2D eigenvalue weighted by Gasteiger charge is -2.32. The first-order chi connectivity index (χ1) is 10.6. The number of carbonyl (C=O) groups is 3. The third-order valence-corrected chi connectivity index (χ3v) is 4.38. The fourth-order valence-corrected chi connectivity index (χ4v) is 3.13. The predicted molar refractivity (Wildman–Crippen MR) is 81.2 cm³/mol. The molecule has 1 N–H and O–H groups in total. The van der Waals surface area contributed by atoms with Crippen molar-refractivity contribution in [2.75, 3.05) is 19.6 Å². The van der Waals surface area contributed by atoms with Gasteiger partial charge in [-0.2, -0.15) is 0 Å². The van der Waals surface area contributed by atoms with E-state index in [2.05, 4.69) is 4.90 Å². The van der Waals surface area contributed by atoms with Gasteiger partial charge in [-0.3, -0.25) is 24.2 Å². The van der Waals surface area contributed by atoms with E-state index in [1.165, 1.54) is 17.1 Å². The molecule has 1 atom stereocenters. The third kappa shape index (κ3) is 4.40. The molecule has 0 aromatic carbocycles. The van der Waals surface area contributed by atoms with E-state index in [1.54, 1.807) is 0 Å². The zero-order valence-electron chi connectivity index (χ0n) is 12.9. The van der Waals surface area contributed by atoms with Crippen LogP contribution in [0.15, 0.2) is 12.2 Å². The lowest BCUT2D eigenvalue weighted by Crippen LogP contribution is -2.44. The summed E-state index contributed by atoms with van der Waals surface area (Å²) in [5, 5.41) is 9.20. The van der Waals surface area contributed by atoms with E-state index in [4.69, 9.17) is 0 Å². The second-order valence-corrected chi connectivity index (χ2v) is 5.96. The largest absolute Gasteiger partial charge is 0.480 e. The van der Waals surface area contributed by atoms with Crippen LogP contribution >= 0.6 is 0 Å². The van der Waals surface area contributed by atoms with Gasteiger partial charge >= 0.3 is 5.97 Å². The molecule has 0 unspecified atom stereocenters. The van der Waals surface area contributed by atoms with Gasteiger partial charge in [0.25, 0.3) is 11.8 Å². The Balaban J connectivity index is 1.58. The SMILES string of the molecule is O=C(O)[C@H]1CCCCN1CCCCCCN1C(=O)C=CC1=O. The van der Waals surface area contributed by atoms with Crippen LogP contribution in [-0.2, 0) is 14.4 Å². The number of carboxylic acids is 1. The van der Waals surface area contributed by atoms with E-state index in [-0.39, 0.29) is 17.9 Å². The van der Waals surface area contributed by atoms with Crippen LogP contribution in [0.3, 0.4) is 0 Å². The molecular weight excluding hydrogens is 284 g/mol. The predicted octanol–water partition coefficient (Wildman–Crippen LogP) is 1.41. The number of likely N-dealkylation sites (tertiary alicyclic amines) is 1. The summed E-state index contributed by atoms with van der Waals surface area (Å²) in [7, 11) is 0.